The molecule has 1 heterocycles. The molecule has 1 aromatic heterocycles. The minimum Gasteiger partial charge on any atom is -0.493 e. The van der Waals surface area contributed by atoms with Crippen LogP contribution in [0.2, 0.25) is 0 Å². The van der Waals surface area contributed by atoms with Gasteiger partial charge in [0.1, 0.15) is 5.82 Å². The van der Waals surface area contributed by atoms with Gasteiger partial charge in [0.25, 0.3) is 0 Å². The molecule has 0 aliphatic heterocycles. The van der Waals surface area contributed by atoms with Crippen molar-refractivity contribution in [3.8, 4) is 23.4 Å². The third-order valence-corrected chi connectivity index (χ3v) is 2.79. The smallest absolute Gasteiger partial charge is 0.221 e. The van der Waals surface area contributed by atoms with E-state index in [-0.39, 0.29) is 0 Å². The van der Waals surface area contributed by atoms with Crippen LogP contribution in [0.4, 0.5) is 5.82 Å². The maximum Gasteiger partial charge on any atom is 0.221 e. The summed E-state index contributed by atoms with van der Waals surface area (Å²) in [5.41, 5.74) is 0.519. The summed E-state index contributed by atoms with van der Waals surface area (Å²) in [5.74, 6) is 2.26. The van der Waals surface area contributed by atoms with E-state index >= 15 is 0 Å². The molecule has 1 N–H and O–H groups in total. The summed E-state index contributed by atoms with van der Waals surface area (Å²) < 4.78 is 11.0. The molecular weight excluding hydrogens is 266 g/mol. The van der Waals surface area contributed by atoms with Gasteiger partial charge in [-0.05, 0) is 24.6 Å². The topological polar surface area (TPSA) is 67.2 Å². The van der Waals surface area contributed by atoms with Crippen LogP contribution in [0.1, 0.15) is 18.9 Å². The molecule has 2 rings (SSSR count). The molecule has 0 fully saturated rings. The van der Waals surface area contributed by atoms with Gasteiger partial charge in [-0.25, -0.2) is 0 Å². The van der Waals surface area contributed by atoms with Gasteiger partial charge in [-0.15, -0.1) is 0 Å². The molecule has 21 heavy (non-hydrogen) atoms. The minimum atomic E-state index is 0.471. The van der Waals surface area contributed by atoms with Gasteiger partial charge in [-0.1, -0.05) is 13.0 Å². The molecule has 5 heteroatoms. The Hall–Kier alpha value is -2.74. The molecule has 0 radical (unpaired) electrons. The molecule has 0 spiro atoms. The number of aromatic nitrogens is 1. The molecule has 2 aromatic rings. The van der Waals surface area contributed by atoms with Gasteiger partial charge in [-0.2, -0.15) is 10.2 Å². The average molecular weight is 283 g/mol. The van der Waals surface area contributed by atoms with Crippen molar-refractivity contribution in [3.05, 3.63) is 42.0 Å². The van der Waals surface area contributed by atoms with Crippen molar-refractivity contribution in [1.29, 1.82) is 5.26 Å². The highest BCUT2D eigenvalue weighted by Gasteiger charge is 2.08. The molecule has 1 aromatic carbocycles. The Balaban J connectivity index is 2.20. The van der Waals surface area contributed by atoms with Gasteiger partial charge in [0.2, 0.25) is 5.88 Å². The van der Waals surface area contributed by atoms with E-state index in [1.807, 2.05) is 12.1 Å². The van der Waals surface area contributed by atoms with E-state index in [0.717, 1.165) is 18.8 Å². The molecule has 0 saturated carbocycles. The number of ether oxygens (including phenoxy) is 2. The number of nitrogens with one attached hydrogen (secondary N) is 1. The highest BCUT2D eigenvalue weighted by Crippen LogP contribution is 2.31. The Labute approximate surface area is 124 Å². The predicted molar refractivity (Wildman–Crippen MR) is 80.8 cm³/mol. The molecule has 0 amide bonds. The normalized spacial score (nSPS) is 9.76. The Morgan fingerprint density at radius 2 is 2.10 bits per heavy atom. The van der Waals surface area contributed by atoms with Crippen molar-refractivity contribution >= 4 is 5.82 Å². The van der Waals surface area contributed by atoms with E-state index in [1.54, 1.807) is 24.3 Å². The first kappa shape index (κ1) is 14.7. The third-order valence-electron chi connectivity index (χ3n) is 2.79. The fourth-order valence-electron chi connectivity index (χ4n) is 1.76. The van der Waals surface area contributed by atoms with E-state index < -0.39 is 0 Å². The van der Waals surface area contributed by atoms with Crippen LogP contribution in [-0.4, -0.2) is 18.6 Å². The lowest BCUT2D eigenvalue weighted by molar-refractivity contribution is 0.374. The van der Waals surface area contributed by atoms with Crippen molar-refractivity contribution in [2.45, 2.75) is 13.3 Å². The summed E-state index contributed by atoms with van der Waals surface area (Å²) in [6, 6.07) is 12.6. The van der Waals surface area contributed by atoms with Gasteiger partial charge < -0.3 is 14.8 Å². The Bertz CT molecular complexity index is 650. The number of hydrogen-bond acceptors (Lipinski definition) is 5. The van der Waals surface area contributed by atoms with Crippen LogP contribution in [0.15, 0.2) is 36.4 Å². The van der Waals surface area contributed by atoms with Gasteiger partial charge in [0.05, 0.1) is 18.7 Å². The number of benzene rings is 1. The number of rotatable bonds is 6. The molecule has 0 saturated heterocycles. The van der Waals surface area contributed by atoms with Crippen LogP contribution in [-0.2, 0) is 0 Å². The monoisotopic (exact) mass is 283 g/mol. The fourth-order valence-corrected chi connectivity index (χ4v) is 1.76. The van der Waals surface area contributed by atoms with E-state index in [0.29, 0.717) is 22.9 Å². The van der Waals surface area contributed by atoms with E-state index in [9.17, 15) is 0 Å². The van der Waals surface area contributed by atoms with Crippen LogP contribution < -0.4 is 14.8 Å². The van der Waals surface area contributed by atoms with Gasteiger partial charge in [0.15, 0.2) is 11.5 Å². The highest BCUT2D eigenvalue weighted by atomic mass is 16.5. The molecule has 0 aliphatic carbocycles. The molecule has 0 unspecified atom stereocenters. The van der Waals surface area contributed by atoms with Crippen LogP contribution in [0.3, 0.4) is 0 Å². The Morgan fingerprint density at radius 1 is 1.24 bits per heavy atom. The molecule has 0 aliphatic rings. The lowest BCUT2D eigenvalue weighted by Crippen LogP contribution is -2.02. The van der Waals surface area contributed by atoms with Crippen LogP contribution in [0, 0.1) is 11.3 Å². The predicted octanol–water partition coefficient (Wildman–Crippen LogP) is 3.58. The molecule has 108 valence electrons. The van der Waals surface area contributed by atoms with Crippen molar-refractivity contribution in [2.75, 3.05) is 19.0 Å². The number of methoxy groups -OCH3 is 1. The first-order valence-corrected chi connectivity index (χ1v) is 6.73. The van der Waals surface area contributed by atoms with Gasteiger partial charge in [0, 0.05) is 18.7 Å². The van der Waals surface area contributed by atoms with E-state index in [2.05, 4.69) is 23.3 Å². The van der Waals surface area contributed by atoms with Gasteiger partial charge in [-0.3, -0.25) is 0 Å². The molecule has 0 atom stereocenters. The number of pyridine rings is 1. The molecule has 5 nitrogen and oxygen atoms in total. The zero-order valence-corrected chi connectivity index (χ0v) is 12.1. The zero-order chi connectivity index (χ0) is 15.1. The Morgan fingerprint density at radius 3 is 2.81 bits per heavy atom. The first-order chi connectivity index (χ1) is 10.3. The maximum absolute atomic E-state index is 8.89. The number of anilines is 1. The summed E-state index contributed by atoms with van der Waals surface area (Å²) in [6.07, 6.45) is 1.02. The fraction of sp³-hybridized carbons (Fsp3) is 0.250. The summed E-state index contributed by atoms with van der Waals surface area (Å²) in [4.78, 5) is 4.37. The SMILES string of the molecule is CCCNc1cccc(Oc2ccc(C#N)cc2OC)n1. The number of nitriles is 1. The second-order valence-electron chi connectivity index (χ2n) is 4.37. The summed E-state index contributed by atoms with van der Waals surface area (Å²) >= 11 is 0. The lowest BCUT2D eigenvalue weighted by Gasteiger charge is -2.11. The number of nitrogens with zero attached hydrogens (tertiary/aromatic N) is 2. The quantitative estimate of drug-likeness (QED) is 0.877. The summed E-state index contributed by atoms with van der Waals surface area (Å²) in [6.45, 7) is 2.95. The third kappa shape index (κ3) is 3.86. The van der Waals surface area contributed by atoms with Crippen molar-refractivity contribution < 1.29 is 9.47 Å². The number of hydrogen-bond donors (Lipinski definition) is 1. The first-order valence-electron chi connectivity index (χ1n) is 6.73. The largest absolute Gasteiger partial charge is 0.493 e. The van der Waals surface area contributed by atoms with E-state index in [4.69, 9.17) is 14.7 Å². The second kappa shape index (κ2) is 7.15. The van der Waals surface area contributed by atoms with Gasteiger partial charge >= 0.3 is 0 Å². The van der Waals surface area contributed by atoms with Crippen molar-refractivity contribution in [1.82, 2.24) is 4.98 Å². The standard InChI is InChI=1S/C16H17N3O2/c1-3-9-18-15-5-4-6-16(19-15)21-13-8-7-12(11-17)10-14(13)20-2/h4-8,10H,3,9H2,1-2H3,(H,18,19). The zero-order valence-electron chi connectivity index (χ0n) is 12.1. The van der Waals surface area contributed by atoms with Crippen molar-refractivity contribution in [2.24, 2.45) is 0 Å². The maximum atomic E-state index is 8.89. The van der Waals surface area contributed by atoms with Crippen LogP contribution >= 0.6 is 0 Å². The molecular formula is C16H17N3O2. The lowest BCUT2D eigenvalue weighted by atomic mass is 10.2. The average Bonchev–Trinajstić information content (AvgIpc) is 2.53. The summed E-state index contributed by atoms with van der Waals surface area (Å²) in [5, 5.41) is 12.1. The second-order valence-corrected chi connectivity index (χ2v) is 4.37. The summed E-state index contributed by atoms with van der Waals surface area (Å²) in [7, 11) is 1.54. The van der Waals surface area contributed by atoms with E-state index in [1.165, 1.54) is 7.11 Å². The molecule has 0 bridgehead atoms. The highest BCUT2D eigenvalue weighted by molar-refractivity contribution is 5.48. The van der Waals surface area contributed by atoms with Crippen molar-refractivity contribution in [3.63, 3.8) is 0 Å². The Kier molecular flexibility index (Phi) is 4.99. The van der Waals surface area contributed by atoms with Crippen LogP contribution in [0.5, 0.6) is 17.4 Å². The van der Waals surface area contributed by atoms with Crippen LogP contribution in [0.25, 0.3) is 0 Å². The minimum absolute atomic E-state index is 0.471.